The fourth-order valence-corrected chi connectivity index (χ4v) is 5.85. The molecule has 0 fully saturated rings. The number of carbonyl (C=O) groups excluding carboxylic acids is 2. The minimum atomic E-state index is -0.887. The molecule has 7 heteroatoms. The van der Waals surface area contributed by atoms with Crippen molar-refractivity contribution in [3.05, 3.63) is 108 Å². The predicted molar refractivity (Wildman–Crippen MR) is 159 cm³/mol. The third kappa shape index (κ3) is 4.58. The van der Waals surface area contributed by atoms with Gasteiger partial charge in [0, 0.05) is 47.4 Å². The maximum Gasteiger partial charge on any atom is 0.329 e. The molecule has 3 N–H and O–H groups in total. The molecular weight excluding hydrogens is 500 g/mol. The first-order valence-electron chi connectivity index (χ1n) is 13.7. The van der Waals surface area contributed by atoms with Crippen LogP contribution >= 0.6 is 0 Å². The standard InChI is InChI=1S/C33H32N4O3/c1-22(38)40-37-31-25-14-6-5-13-24(25)17-18-27(31)35-33(39)32(37)30-26-15-7-8-16-28(26)36(20-10-9-19-34)29(30)21-23-11-3-2-4-12-23/h2-8,11-18,32H,9-10,19-21,34H2,1H3,(H,35,39). The van der Waals surface area contributed by atoms with E-state index in [9.17, 15) is 9.59 Å². The Labute approximate surface area is 233 Å². The summed E-state index contributed by atoms with van der Waals surface area (Å²) < 4.78 is 2.31. The van der Waals surface area contributed by atoms with E-state index in [0.717, 1.165) is 57.9 Å². The maximum atomic E-state index is 14.0. The minimum absolute atomic E-state index is 0.247. The van der Waals surface area contributed by atoms with Crippen LogP contribution < -0.4 is 16.1 Å². The smallest absolute Gasteiger partial charge is 0.329 e. The van der Waals surface area contributed by atoms with Crippen molar-refractivity contribution in [2.75, 3.05) is 16.9 Å². The van der Waals surface area contributed by atoms with E-state index in [1.165, 1.54) is 12.0 Å². The molecule has 1 atom stereocenters. The molecule has 4 aromatic carbocycles. The molecule has 1 aliphatic heterocycles. The first-order valence-corrected chi connectivity index (χ1v) is 13.7. The summed E-state index contributed by atoms with van der Waals surface area (Å²) in [5, 5.41) is 7.49. The van der Waals surface area contributed by atoms with Crippen LogP contribution in [0.25, 0.3) is 21.7 Å². The second-order valence-corrected chi connectivity index (χ2v) is 10.2. The minimum Gasteiger partial charge on any atom is -0.344 e. The number of nitrogens with zero attached hydrogens (tertiary/aromatic N) is 2. The highest BCUT2D eigenvalue weighted by Crippen LogP contribution is 2.46. The zero-order valence-electron chi connectivity index (χ0n) is 22.5. The van der Waals surface area contributed by atoms with Crippen LogP contribution in [0, 0.1) is 0 Å². The van der Waals surface area contributed by atoms with Crippen molar-refractivity contribution in [2.24, 2.45) is 5.73 Å². The molecule has 0 aliphatic carbocycles. The van der Waals surface area contributed by atoms with E-state index in [0.29, 0.717) is 24.3 Å². The molecule has 202 valence electrons. The molecule has 0 radical (unpaired) electrons. The number of aromatic nitrogens is 1. The van der Waals surface area contributed by atoms with Gasteiger partial charge in [0.15, 0.2) is 6.04 Å². The number of amides is 1. The van der Waals surface area contributed by atoms with Crippen molar-refractivity contribution >= 4 is 44.9 Å². The van der Waals surface area contributed by atoms with Crippen molar-refractivity contribution in [3.63, 3.8) is 0 Å². The SMILES string of the molecule is CC(=O)ON1c2c(ccc3ccccc23)NC(=O)C1c1c(Cc2ccccc2)n(CCCCN)c2ccccc12. The number of unbranched alkanes of at least 4 members (excludes halogenated alkanes) is 1. The fraction of sp³-hybridized carbons (Fsp3) is 0.212. The lowest BCUT2D eigenvalue weighted by molar-refractivity contribution is -0.144. The molecule has 7 nitrogen and oxygen atoms in total. The van der Waals surface area contributed by atoms with E-state index < -0.39 is 12.0 Å². The average Bonchev–Trinajstić information content (AvgIpc) is 3.25. The van der Waals surface area contributed by atoms with Crippen LogP contribution in [-0.2, 0) is 27.4 Å². The molecule has 1 aromatic heterocycles. The Bertz CT molecular complexity index is 1710. The zero-order chi connectivity index (χ0) is 27.6. The molecule has 1 unspecified atom stereocenters. The largest absolute Gasteiger partial charge is 0.344 e. The molecule has 6 rings (SSSR count). The number of carbonyl (C=O) groups is 2. The number of nitrogens with two attached hydrogens (primary N) is 1. The molecule has 0 spiro atoms. The van der Waals surface area contributed by atoms with Gasteiger partial charge in [-0.1, -0.05) is 78.9 Å². The lowest BCUT2D eigenvalue weighted by atomic mass is 9.95. The second kappa shape index (κ2) is 10.9. The predicted octanol–water partition coefficient (Wildman–Crippen LogP) is 6.10. The highest BCUT2D eigenvalue weighted by atomic mass is 16.7. The van der Waals surface area contributed by atoms with E-state index in [-0.39, 0.29) is 5.91 Å². The van der Waals surface area contributed by atoms with Crippen molar-refractivity contribution in [1.82, 2.24) is 4.57 Å². The third-order valence-electron chi connectivity index (χ3n) is 7.53. The summed E-state index contributed by atoms with van der Waals surface area (Å²) in [6.45, 7) is 2.76. The van der Waals surface area contributed by atoms with Crippen LogP contribution in [0.2, 0.25) is 0 Å². The number of anilines is 2. The van der Waals surface area contributed by atoms with Gasteiger partial charge < -0.3 is 20.5 Å². The number of hydrogen-bond acceptors (Lipinski definition) is 5. The summed E-state index contributed by atoms with van der Waals surface area (Å²) in [7, 11) is 0. The van der Waals surface area contributed by atoms with Gasteiger partial charge in [-0.05, 0) is 42.5 Å². The molecule has 0 bridgehead atoms. The third-order valence-corrected chi connectivity index (χ3v) is 7.53. The summed E-state index contributed by atoms with van der Waals surface area (Å²) in [5.74, 6) is -0.738. The van der Waals surface area contributed by atoms with Crippen LogP contribution in [0.4, 0.5) is 11.4 Å². The Kier molecular flexibility index (Phi) is 6.97. The van der Waals surface area contributed by atoms with Gasteiger partial charge in [0.1, 0.15) is 5.69 Å². The van der Waals surface area contributed by atoms with Gasteiger partial charge in [0.2, 0.25) is 0 Å². The summed E-state index contributed by atoms with van der Waals surface area (Å²) in [6.07, 6.45) is 2.43. The summed E-state index contributed by atoms with van der Waals surface area (Å²) in [6, 6.07) is 29.3. The van der Waals surface area contributed by atoms with E-state index >= 15 is 0 Å². The Hall–Kier alpha value is -4.62. The first kappa shape index (κ1) is 25.6. The Morgan fingerprint density at radius 1 is 0.900 bits per heavy atom. The van der Waals surface area contributed by atoms with E-state index in [1.54, 1.807) is 0 Å². The average molecular weight is 533 g/mol. The van der Waals surface area contributed by atoms with Gasteiger partial charge in [-0.15, -0.1) is 0 Å². The number of aryl methyl sites for hydroxylation is 1. The highest BCUT2D eigenvalue weighted by molar-refractivity contribution is 6.12. The number of fused-ring (bicyclic) bond motifs is 4. The number of hydroxylamine groups is 1. The number of nitrogens with one attached hydrogen (secondary N) is 1. The molecule has 0 saturated carbocycles. The van der Waals surface area contributed by atoms with Crippen LogP contribution in [0.5, 0.6) is 0 Å². The van der Waals surface area contributed by atoms with Crippen molar-refractivity contribution < 1.29 is 14.4 Å². The summed E-state index contributed by atoms with van der Waals surface area (Å²) in [5.41, 5.74) is 11.2. The number of para-hydroxylation sites is 1. The summed E-state index contributed by atoms with van der Waals surface area (Å²) >= 11 is 0. The topological polar surface area (TPSA) is 89.6 Å². The van der Waals surface area contributed by atoms with Crippen LogP contribution in [0.15, 0.2) is 91.0 Å². The second-order valence-electron chi connectivity index (χ2n) is 10.2. The molecular formula is C33H32N4O3. The normalized spacial score (nSPS) is 14.8. The van der Waals surface area contributed by atoms with E-state index in [2.05, 4.69) is 34.1 Å². The highest BCUT2D eigenvalue weighted by Gasteiger charge is 2.41. The Balaban J connectivity index is 1.61. The molecule has 40 heavy (non-hydrogen) atoms. The monoisotopic (exact) mass is 532 g/mol. The van der Waals surface area contributed by atoms with Gasteiger partial charge in [0.25, 0.3) is 5.91 Å². The Morgan fingerprint density at radius 3 is 2.40 bits per heavy atom. The van der Waals surface area contributed by atoms with Gasteiger partial charge in [-0.2, -0.15) is 5.06 Å². The number of hydrogen-bond donors (Lipinski definition) is 2. The van der Waals surface area contributed by atoms with E-state index in [1.807, 2.05) is 66.7 Å². The van der Waals surface area contributed by atoms with Gasteiger partial charge >= 0.3 is 5.97 Å². The van der Waals surface area contributed by atoms with Crippen LogP contribution in [0.3, 0.4) is 0 Å². The molecule has 0 saturated heterocycles. The molecule has 1 amide bonds. The zero-order valence-corrected chi connectivity index (χ0v) is 22.5. The van der Waals surface area contributed by atoms with Crippen molar-refractivity contribution in [2.45, 2.75) is 38.8 Å². The van der Waals surface area contributed by atoms with Crippen LogP contribution in [0.1, 0.15) is 42.6 Å². The molecule has 2 heterocycles. The van der Waals surface area contributed by atoms with Gasteiger partial charge in [-0.25, -0.2) is 0 Å². The van der Waals surface area contributed by atoms with Gasteiger partial charge in [-0.3, -0.25) is 9.59 Å². The quantitative estimate of drug-likeness (QED) is 0.236. The lowest BCUT2D eigenvalue weighted by Gasteiger charge is -2.37. The number of benzene rings is 4. The molecule has 5 aromatic rings. The van der Waals surface area contributed by atoms with Crippen LogP contribution in [-0.4, -0.2) is 23.0 Å². The Morgan fingerprint density at radius 2 is 1.62 bits per heavy atom. The molecule has 1 aliphatic rings. The maximum absolute atomic E-state index is 14.0. The first-order chi connectivity index (χ1) is 19.6. The van der Waals surface area contributed by atoms with Crippen molar-refractivity contribution in [3.8, 4) is 0 Å². The lowest BCUT2D eigenvalue weighted by Crippen LogP contribution is -2.43. The number of rotatable bonds is 8. The van der Waals surface area contributed by atoms with Crippen molar-refractivity contribution in [1.29, 1.82) is 0 Å². The summed E-state index contributed by atoms with van der Waals surface area (Å²) in [4.78, 5) is 32.5. The van der Waals surface area contributed by atoms with E-state index in [4.69, 9.17) is 10.6 Å². The fourth-order valence-electron chi connectivity index (χ4n) is 5.85. The van der Waals surface area contributed by atoms with Gasteiger partial charge in [0.05, 0.1) is 5.69 Å².